The minimum Gasteiger partial charge on any atom is -0.393 e. The Bertz CT molecular complexity index is 827. The van der Waals surface area contributed by atoms with E-state index in [1.165, 1.54) is 18.2 Å². The Morgan fingerprint density at radius 2 is 2.03 bits per heavy atom. The second kappa shape index (κ2) is 9.90. The fraction of sp³-hybridized carbons (Fsp3) is 0.760. The molecule has 6 heteroatoms. The van der Waals surface area contributed by atoms with E-state index in [1.807, 2.05) is 0 Å². The summed E-state index contributed by atoms with van der Waals surface area (Å²) in [5.41, 5.74) is 3.36. The maximum atomic E-state index is 11.3. The van der Waals surface area contributed by atoms with Crippen molar-refractivity contribution in [2.75, 3.05) is 18.6 Å². The van der Waals surface area contributed by atoms with Crippen molar-refractivity contribution >= 4 is 9.84 Å². The van der Waals surface area contributed by atoms with Gasteiger partial charge in [-0.05, 0) is 80.3 Å². The molecule has 0 aromatic carbocycles. The van der Waals surface area contributed by atoms with Crippen LogP contribution in [0.5, 0.6) is 0 Å². The Balaban J connectivity index is 1.67. The lowest BCUT2D eigenvalue weighted by atomic mass is 9.62. The average molecular weight is 453 g/mol. The summed E-state index contributed by atoms with van der Waals surface area (Å²) in [5.74, 6) is 1.18. The molecular formula is C25H40O5S. The number of sulfone groups is 1. The second-order valence-electron chi connectivity index (χ2n) is 10.2. The van der Waals surface area contributed by atoms with Crippen LogP contribution in [-0.4, -0.2) is 55.6 Å². The number of aliphatic hydroxyl groups excluding tert-OH is 2. The van der Waals surface area contributed by atoms with Gasteiger partial charge in [-0.3, -0.25) is 0 Å². The summed E-state index contributed by atoms with van der Waals surface area (Å²) in [7, 11) is -2.94. The fourth-order valence-electron chi connectivity index (χ4n) is 6.22. The standard InChI is InChI=1S/C25H40O5S/c1-17-20(15-21(26)16-24(17)27)9-8-19-7-5-12-25(3)22(10-11-23(19)25)18(2)30-13-6-14-31(4,28)29/h8-9,18,21-24,26-27H,1,5-7,10-16H2,2-4H3/b19-8+,20-9-/t18-,21?,22-,23+,24-,25-/m1/s1. The summed E-state index contributed by atoms with van der Waals surface area (Å²) in [4.78, 5) is 0. The lowest BCUT2D eigenvalue weighted by Gasteiger charge is -2.44. The van der Waals surface area contributed by atoms with Gasteiger partial charge in [-0.2, -0.15) is 0 Å². The summed E-state index contributed by atoms with van der Waals surface area (Å²) in [6.45, 7) is 9.07. The fourth-order valence-corrected chi connectivity index (χ4v) is 6.86. The van der Waals surface area contributed by atoms with Gasteiger partial charge in [0.2, 0.25) is 0 Å². The van der Waals surface area contributed by atoms with Crippen LogP contribution in [0.15, 0.2) is 35.5 Å². The molecule has 0 saturated heterocycles. The molecule has 3 fully saturated rings. The summed E-state index contributed by atoms with van der Waals surface area (Å²) < 4.78 is 28.8. The summed E-state index contributed by atoms with van der Waals surface area (Å²) >= 11 is 0. The first-order valence-corrected chi connectivity index (χ1v) is 13.8. The molecule has 0 radical (unpaired) electrons. The molecule has 0 aromatic rings. The van der Waals surface area contributed by atoms with Crippen LogP contribution in [0.1, 0.15) is 65.2 Å². The van der Waals surface area contributed by atoms with E-state index in [1.54, 1.807) is 0 Å². The number of aliphatic hydroxyl groups is 2. The summed E-state index contributed by atoms with van der Waals surface area (Å²) in [5, 5.41) is 20.1. The molecule has 1 unspecified atom stereocenters. The van der Waals surface area contributed by atoms with Crippen molar-refractivity contribution in [2.45, 2.75) is 83.5 Å². The Morgan fingerprint density at radius 1 is 1.29 bits per heavy atom. The van der Waals surface area contributed by atoms with Crippen molar-refractivity contribution in [3.8, 4) is 0 Å². The predicted octanol–water partition coefficient (Wildman–Crippen LogP) is 3.97. The molecule has 3 aliphatic rings. The molecule has 3 rings (SSSR count). The number of rotatable bonds is 7. The Morgan fingerprint density at radius 3 is 2.74 bits per heavy atom. The van der Waals surface area contributed by atoms with Gasteiger partial charge in [-0.15, -0.1) is 0 Å². The van der Waals surface area contributed by atoms with Crippen LogP contribution in [0, 0.1) is 17.3 Å². The first-order chi connectivity index (χ1) is 14.5. The highest BCUT2D eigenvalue weighted by Crippen LogP contribution is 2.58. The average Bonchev–Trinajstić information content (AvgIpc) is 3.03. The van der Waals surface area contributed by atoms with Crippen molar-refractivity contribution < 1.29 is 23.4 Å². The van der Waals surface area contributed by atoms with E-state index in [9.17, 15) is 18.6 Å². The van der Waals surface area contributed by atoms with Crippen LogP contribution < -0.4 is 0 Å². The van der Waals surface area contributed by atoms with Crippen LogP contribution in [-0.2, 0) is 14.6 Å². The van der Waals surface area contributed by atoms with Crippen molar-refractivity contribution in [3.63, 3.8) is 0 Å². The van der Waals surface area contributed by atoms with Crippen LogP contribution in [0.2, 0.25) is 0 Å². The monoisotopic (exact) mass is 452 g/mol. The van der Waals surface area contributed by atoms with Crippen molar-refractivity contribution in [1.82, 2.24) is 0 Å². The molecule has 176 valence electrons. The molecule has 0 heterocycles. The number of ether oxygens (including phenoxy) is 1. The van der Waals surface area contributed by atoms with Crippen LogP contribution in [0.3, 0.4) is 0 Å². The van der Waals surface area contributed by atoms with Gasteiger partial charge in [0.05, 0.1) is 24.1 Å². The maximum Gasteiger partial charge on any atom is 0.147 e. The smallest absolute Gasteiger partial charge is 0.147 e. The zero-order chi connectivity index (χ0) is 22.8. The second-order valence-corrected chi connectivity index (χ2v) is 12.5. The summed E-state index contributed by atoms with van der Waals surface area (Å²) in [6, 6.07) is 0. The van der Waals surface area contributed by atoms with E-state index in [0.717, 1.165) is 36.8 Å². The topological polar surface area (TPSA) is 83.8 Å². The van der Waals surface area contributed by atoms with Gasteiger partial charge in [0, 0.05) is 19.3 Å². The first-order valence-electron chi connectivity index (χ1n) is 11.8. The molecule has 3 saturated carbocycles. The van der Waals surface area contributed by atoms with Gasteiger partial charge in [0.15, 0.2) is 0 Å². The minimum absolute atomic E-state index is 0.121. The van der Waals surface area contributed by atoms with Gasteiger partial charge in [0.1, 0.15) is 9.84 Å². The van der Waals surface area contributed by atoms with E-state index < -0.39 is 22.0 Å². The molecule has 6 atom stereocenters. The third kappa shape index (κ3) is 5.89. The van der Waals surface area contributed by atoms with E-state index in [-0.39, 0.29) is 17.3 Å². The van der Waals surface area contributed by atoms with Crippen LogP contribution in [0.25, 0.3) is 0 Å². The van der Waals surface area contributed by atoms with Gasteiger partial charge in [-0.25, -0.2) is 8.42 Å². The molecule has 0 amide bonds. The van der Waals surface area contributed by atoms with Crippen molar-refractivity contribution in [3.05, 3.63) is 35.5 Å². The Kier molecular flexibility index (Phi) is 7.88. The Hall–Kier alpha value is -0.950. The largest absolute Gasteiger partial charge is 0.393 e. The molecule has 0 aromatic heterocycles. The molecule has 0 bridgehead atoms. The third-order valence-corrected chi connectivity index (χ3v) is 8.94. The summed E-state index contributed by atoms with van der Waals surface area (Å²) in [6.07, 6.45) is 11.8. The highest BCUT2D eigenvalue weighted by Gasteiger charge is 2.51. The molecule has 0 aliphatic heterocycles. The maximum absolute atomic E-state index is 11.3. The highest BCUT2D eigenvalue weighted by atomic mass is 32.2. The quantitative estimate of drug-likeness (QED) is 0.571. The number of hydrogen-bond acceptors (Lipinski definition) is 5. The molecule has 5 nitrogen and oxygen atoms in total. The zero-order valence-electron chi connectivity index (χ0n) is 19.3. The molecule has 31 heavy (non-hydrogen) atoms. The zero-order valence-corrected chi connectivity index (χ0v) is 20.2. The van der Waals surface area contributed by atoms with Gasteiger partial charge >= 0.3 is 0 Å². The molecule has 2 N–H and O–H groups in total. The first kappa shape index (κ1) is 24.7. The number of fused-ring (bicyclic) bond motifs is 1. The number of allylic oxidation sites excluding steroid dienone is 3. The molecule has 3 aliphatic carbocycles. The lowest BCUT2D eigenvalue weighted by Crippen LogP contribution is -2.38. The van der Waals surface area contributed by atoms with E-state index in [4.69, 9.17) is 4.74 Å². The van der Waals surface area contributed by atoms with Gasteiger partial charge < -0.3 is 14.9 Å². The highest BCUT2D eigenvalue weighted by molar-refractivity contribution is 7.90. The van der Waals surface area contributed by atoms with Crippen LogP contribution in [0.4, 0.5) is 0 Å². The third-order valence-electron chi connectivity index (χ3n) is 7.91. The van der Waals surface area contributed by atoms with E-state index >= 15 is 0 Å². The van der Waals surface area contributed by atoms with E-state index in [0.29, 0.717) is 37.7 Å². The minimum atomic E-state index is -2.94. The molecular weight excluding hydrogens is 412 g/mol. The van der Waals surface area contributed by atoms with Gasteiger partial charge in [-0.1, -0.05) is 31.2 Å². The lowest BCUT2D eigenvalue weighted by molar-refractivity contribution is -0.0244. The van der Waals surface area contributed by atoms with Gasteiger partial charge in [0.25, 0.3) is 0 Å². The normalized spacial score (nSPS) is 37.9. The SMILES string of the molecule is C=C1/C(=C\C=C2/CCC[C@]3(C)[C@@H]([C@@H](C)OCCCS(C)(=O)=O)CC[C@@H]23)CC(O)C[C@H]1O. The predicted molar refractivity (Wildman–Crippen MR) is 124 cm³/mol. The van der Waals surface area contributed by atoms with Crippen LogP contribution >= 0.6 is 0 Å². The number of hydrogen-bond donors (Lipinski definition) is 2. The molecule has 0 spiro atoms. The van der Waals surface area contributed by atoms with Crippen molar-refractivity contribution in [1.29, 1.82) is 0 Å². The Labute approximate surface area is 188 Å². The van der Waals surface area contributed by atoms with Crippen molar-refractivity contribution in [2.24, 2.45) is 17.3 Å². The van der Waals surface area contributed by atoms with E-state index in [2.05, 4.69) is 32.6 Å².